The van der Waals surface area contributed by atoms with Crippen molar-refractivity contribution in [2.75, 3.05) is 13.2 Å². The summed E-state index contributed by atoms with van der Waals surface area (Å²) >= 11 is 0. The van der Waals surface area contributed by atoms with E-state index in [2.05, 4.69) is 19.2 Å². The maximum atomic E-state index is 13.0. The summed E-state index contributed by atoms with van der Waals surface area (Å²) < 4.78 is 11.3. The van der Waals surface area contributed by atoms with Crippen LogP contribution in [0.3, 0.4) is 0 Å². The summed E-state index contributed by atoms with van der Waals surface area (Å²) in [5.74, 6) is -0.137. The van der Waals surface area contributed by atoms with Crippen LogP contribution >= 0.6 is 0 Å². The zero-order chi connectivity index (χ0) is 45.1. The van der Waals surface area contributed by atoms with Gasteiger partial charge in [0.2, 0.25) is 5.91 Å². The van der Waals surface area contributed by atoms with Gasteiger partial charge in [0.1, 0.15) is 24.4 Å². The van der Waals surface area contributed by atoms with E-state index in [9.17, 15) is 30.3 Å². The number of nitrogens with one attached hydrogen (secondary N) is 1. The van der Waals surface area contributed by atoms with Gasteiger partial charge in [-0.1, -0.05) is 258 Å². The van der Waals surface area contributed by atoms with Crippen LogP contribution in [-0.2, 0) is 14.3 Å². The largest absolute Gasteiger partial charge is 0.394 e. The Kier molecular flexibility index (Phi) is 42.1. The number of carbonyl (C=O) groups is 1. The highest BCUT2D eigenvalue weighted by molar-refractivity contribution is 5.76. The van der Waals surface area contributed by atoms with Crippen molar-refractivity contribution in [1.29, 1.82) is 0 Å². The average molecular weight is 884 g/mol. The third kappa shape index (κ3) is 33.6. The lowest BCUT2D eigenvalue weighted by Gasteiger charge is -2.40. The van der Waals surface area contributed by atoms with Crippen LogP contribution in [0.5, 0.6) is 0 Å². The van der Waals surface area contributed by atoms with Gasteiger partial charge in [-0.05, 0) is 12.8 Å². The fraction of sp³-hybridized carbons (Fsp3) is 0.981. The molecule has 62 heavy (non-hydrogen) atoms. The third-order valence-electron chi connectivity index (χ3n) is 13.5. The smallest absolute Gasteiger partial charge is 0.220 e. The number of unbranched alkanes of at least 4 members (excludes halogenated alkanes) is 37. The number of ether oxygens (including phenoxy) is 2. The number of rotatable bonds is 47. The van der Waals surface area contributed by atoms with Gasteiger partial charge in [0.25, 0.3) is 0 Å². The van der Waals surface area contributed by atoms with E-state index in [1.807, 2.05) is 0 Å². The van der Waals surface area contributed by atoms with Crippen LogP contribution in [0, 0.1) is 0 Å². The second kappa shape index (κ2) is 44.0. The fourth-order valence-electron chi connectivity index (χ4n) is 9.11. The van der Waals surface area contributed by atoms with Crippen molar-refractivity contribution >= 4 is 5.91 Å². The summed E-state index contributed by atoms with van der Waals surface area (Å²) in [7, 11) is 0. The molecule has 370 valence electrons. The summed E-state index contributed by atoms with van der Waals surface area (Å²) in [5.41, 5.74) is 0. The minimum atomic E-state index is -1.55. The molecule has 2 unspecified atom stereocenters. The number of carbonyl (C=O) groups excluding carboxylic acids is 1. The molecule has 1 rings (SSSR count). The molecule has 1 heterocycles. The van der Waals surface area contributed by atoms with E-state index in [1.54, 1.807) is 0 Å². The van der Waals surface area contributed by atoms with Crippen molar-refractivity contribution in [3.05, 3.63) is 0 Å². The quantitative estimate of drug-likeness (QED) is 0.0331. The first kappa shape index (κ1) is 59.2. The number of amides is 1. The van der Waals surface area contributed by atoms with Crippen molar-refractivity contribution in [3.8, 4) is 0 Å². The van der Waals surface area contributed by atoms with Crippen molar-refractivity contribution < 1.29 is 39.8 Å². The minimum absolute atomic E-state index is 0.131. The number of hydrogen-bond acceptors (Lipinski definition) is 8. The lowest BCUT2D eigenvalue weighted by atomic mass is 9.99. The minimum Gasteiger partial charge on any atom is -0.394 e. The second-order valence-corrected chi connectivity index (χ2v) is 19.4. The summed E-state index contributed by atoms with van der Waals surface area (Å²) in [4.78, 5) is 13.0. The van der Waals surface area contributed by atoms with Gasteiger partial charge in [0, 0.05) is 6.42 Å². The summed E-state index contributed by atoms with van der Waals surface area (Å²) in [6, 6.07) is -0.712. The molecule has 0 aromatic carbocycles. The molecule has 1 saturated heterocycles. The molecule has 9 heteroatoms. The molecule has 0 aromatic rings. The molecule has 6 N–H and O–H groups in total. The van der Waals surface area contributed by atoms with Crippen LogP contribution in [0.1, 0.15) is 277 Å². The summed E-state index contributed by atoms with van der Waals surface area (Å²) in [6.45, 7) is 3.88. The molecule has 0 bridgehead atoms. The van der Waals surface area contributed by atoms with Crippen molar-refractivity contribution in [2.24, 2.45) is 0 Å². The highest BCUT2D eigenvalue weighted by Crippen LogP contribution is 2.23. The monoisotopic (exact) mass is 884 g/mol. The van der Waals surface area contributed by atoms with Gasteiger partial charge in [0.15, 0.2) is 6.29 Å². The second-order valence-electron chi connectivity index (χ2n) is 19.4. The lowest BCUT2D eigenvalue weighted by Crippen LogP contribution is -2.60. The Labute approximate surface area is 383 Å². The molecule has 0 radical (unpaired) electrons. The molecule has 0 saturated carbocycles. The Bertz CT molecular complexity index is 939. The molecule has 1 amide bonds. The highest BCUT2D eigenvalue weighted by atomic mass is 16.7. The Hall–Kier alpha value is -0.810. The average Bonchev–Trinajstić information content (AvgIpc) is 3.27. The Balaban J connectivity index is 2.21. The number of aliphatic hydroxyl groups is 5. The molecule has 0 aromatic heterocycles. The van der Waals surface area contributed by atoms with E-state index >= 15 is 0 Å². The standard InChI is InChI=1S/C53H105NO8/c1-3-5-7-9-11-13-15-17-19-21-22-23-24-25-27-29-31-33-35-37-39-41-43-49(57)54-46(45-61-53-52(60)51(59)50(58)48(44-55)62-53)47(56)42-40-38-36-34-32-30-28-26-20-18-16-14-12-10-8-6-4-2/h46-48,50-53,55-56,58-60H,3-45H2,1-2H3,(H,54,57)/t46-,47+,48+,50+,51?,52?,53+/m0/s1. The highest BCUT2D eigenvalue weighted by Gasteiger charge is 2.44. The van der Waals surface area contributed by atoms with Crippen LogP contribution in [-0.4, -0.2) is 87.5 Å². The zero-order valence-corrected chi connectivity index (χ0v) is 40.9. The normalized spacial score (nSPS) is 20.1. The first-order chi connectivity index (χ1) is 30.3. The van der Waals surface area contributed by atoms with Crippen LogP contribution in [0.2, 0.25) is 0 Å². The summed E-state index contributed by atoms with van der Waals surface area (Å²) in [6.07, 6.45) is 44.0. The molecular formula is C53H105NO8. The molecule has 1 aliphatic heterocycles. The molecule has 1 aliphatic rings. The first-order valence-corrected chi connectivity index (χ1v) is 27.2. The molecule has 9 nitrogen and oxygen atoms in total. The Morgan fingerprint density at radius 3 is 1.15 bits per heavy atom. The van der Waals surface area contributed by atoms with Gasteiger partial charge in [-0.15, -0.1) is 0 Å². The Morgan fingerprint density at radius 2 is 0.806 bits per heavy atom. The molecule has 7 atom stereocenters. The summed E-state index contributed by atoms with van der Waals surface area (Å²) in [5, 5.41) is 54.6. The van der Waals surface area contributed by atoms with Crippen LogP contribution < -0.4 is 5.32 Å². The predicted octanol–water partition coefficient (Wildman–Crippen LogP) is 12.7. The van der Waals surface area contributed by atoms with E-state index in [0.717, 1.165) is 38.5 Å². The number of hydrogen-bond donors (Lipinski definition) is 6. The molecular weight excluding hydrogens is 779 g/mol. The number of aliphatic hydroxyl groups excluding tert-OH is 5. The van der Waals surface area contributed by atoms with E-state index in [-0.39, 0.29) is 12.5 Å². The lowest BCUT2D eigenvalue weighted by molar-refractivity contribution is -0.302. The zero-order valence-electron chi connectivity index (χ0n) is 40.9. The van der Waals surface area contributed by atoms with Crippen LogP contribution in [0.25, 0.3) is 0 Å². The van der Waals surface area contributed by atoms with Crippen LogP contribution in [0.4, 0.5) is 0 Å². The van der Waals surface area contributed by atoms with Gasteiger partial charge < -0.3 is 40.3 Å². The van der Waals surface area contributed by atoms with E-state index in [1.165, 1.54) is 212 Å². The topological polar surface area (TPSA) is 149 Å². The van der Waals surface area contributed by atoms with E-state index < -0.39 is 49.5 Å². The first-order valence-electron chi connectivity index (χ1n) is 27.2. The maximum Gasteiger partial charge on any atom is 0.220 e. The van der Waals surface area contributed by atoms with Crippen LogP contribution in [0.15, 0.2) is 0 Å². The Morgan fingerprint density at radius 1 is 0.484 bits per heavy atom. The third-order valence-corrected chi connectivity index (χ3v) is 13.5. The van der Waals surface area contributed by atoms with Gasteiger partial charge >= 0.3 is 0 Å². The molecule has 0 spiro atoms. The fourth-order valence-corrected chi connectivity index (χ4v) is 9.11. The van der Waals surface area contributed by atoms with E-state index in [4.69, 9.17) is 9.47 Å². The van der Waals surface area contributed by atoms with Gasteiger partial charge in [-0.25, -0.2) is 0 Å². The van der Waals surface area contributed by atoms with Gasteiger partial charge in [-0.2, -0.15) is 0 Å². The van der Waals surface area contributed by atoms with E-state index in [0.29, 0.717) is 12.8 Å². The van der Waals surface area contributed by atoms with Crippen molar-refractivity contribution in [2.45, 2.75) is 320 Å². The molecule has 1 fully saturated rings. The van der Waals surface area contributed by atoms with Crippen molar-refractivity contribution in [3.63, 3.8) is 0 Å². The molecule has 0 aliphatic carbocycles. The predicted molar refractivity (Wildman–Crippen MR) is 258 cm³/mol. The van der Waals surface area contributed by atoms with Gasteiger partial charge in [-0.3, -0.25) is 4.79 Å². The SMILES string of the molecule is CCCCCCCCCCCCCCCCCCCCCCCCC(=O)N[C@@H](CO[C@@H]1O[C@H](CO)[C@@H](O)C(O)C1O)[C@H](O)CCCCCCCCCCCCCCCCCCC. The van der Waals surface area contributed by atoms with Crippen molar-refractivity contribution in [1.82, 2.24) is 5.32 Å². The maximum absolute atomic E-state index is 13.0. The van der Waals surface area contributed by atoms with Gasteiger partial charge in [0.05, 0.1) is 25.4 Å².